The molecule has 2 aliphatic rings. The molecule has 2 saturated carbocycles. The Hall–Kier alpha value is -2.11. The van der Waals surface area contributed by atoms with Gasteiger partial charge in [-0.3, -0.25) is 14.4 Å². The van der Waals surface area contributed by atoms with Gasteiger partial charge in [0.1, 0.15) is 11.1 Å². The lowest BCUT2D eigenvalue weighted by Crippen LogP contribution is -2.40. The van der Waals surface area contributed by atoms with E-state index in [0.717, 1.165) is 44.9 Å². The fourth-order valence-corrected chi connectivity index (χ4v) is 3.99. The summed E-state index contributed by atoms with van der Waals surface area (Å²) in [5.74, 6) is -0.0738. The zero-order valence-electron chi connectivity index (χ0n) is 17.4. The van der Waals surface area contributed by atoms with Crippen LogP contribution in [0.4, 0.5) is 0 Å². The van der Waals surface area contributed by atoms with Crippen molar-refractivity contribution >= 4 is 11.8 Å². The monoisotopic (exact) mass is 387 g/mol. The SMILES string of the molecule is CCCN(CC1CC1)C(=O)c1cn(C2CCCC2)cc(C(=O)NC(C)C)c1=O. The highest BCUT2D eigenvalue weighted by Crippen LogP contribution is 2.31. The molecule has 6 heteroatoms. The van der Waals surface area contributed by atoms with Gasteiger partial charge < -0.3 is 14.8 Å². The molecule has 0 bridgehead atoms. The molecule has 1 heterocycles. The second kappa shape index (κ2) is 8.93. The molecule has 0 unspecified atom stereocenters. The fraction of sp³-hybridized carbons (Fsp3) is 0.682. The van der Waals surface area contributed by atoms with E-state index in [1.54, 1.807) is 17.3 Å². The van der Waals surface area contributed by atoms with Crippen molar-refractivity contribution in [1.29, 1.82) is 0 Å². The van der Waals surface area contributed by atoms with E-state index in [1.165, 1.54) is 0 Å². The van der Waals surface area contributed by atoms with Gasteiger partial charge in [0.2, 0.25) is 5.43 Å². The Kier molecular flexibility index (Phi) is 6.57. The van der Waals surface area contributed by atoms with Gasteiger partial charge in [0, 0.05) is 37.6 Å². The number of nitrogens with zero attached hydrogens (tertiary/aromatic N) is 2. The number of nitrogens with one attached hydrogen (secondary N) is 1. The molecular formula is C22H33N3O3. The number of hydrogen-bond donors (Lipinski definition) is 1. The van der Waals surface area contributed by atoms with Crippen LogP contribution in [0.3, 0.4) is 0 Å². The molecule has 0 aliphatic heterocycles. The molecule has 0 radical (unpaired) electrons. The van der Waals surface area contributed by atoms with Crippen LogP contribution < -0.4 is 10.7 Å². The number of aromatic nitrogens is 1. The second-order valence-electron chi connectivity index (χ2n) is 8.62. The lowest BCUT2D eigenvalue weighted by Gasteiger charge is -2.24. The summed E-state index contributed by atoms with van der Waals surface area (Å²) in [5, 5.41) is 2.80. The molecule has 0 saturated heterocycles. The summed E-state index contributed by atoms with van der Waals surface area (Å²) in [4.78, 5) is 40.8. The highest BCUT2D eigenvalue weighted by Gasteiger charge is 2.30. The van der Waals surface area contributed by atoms with E-state index in [2.05, 4.69) is 5.32 Å². The topological polar surface area (TPSA) is 71.4 Å². The summed E-state index contributed by atoms with van der Waals surface area (Å²) in [5.41, 5.74) is -0.235. The van der Waals surface area contributed by atoms with Crippen LogP contribution in [0.5, 0.6) is 0 Å². The van der Waals surface area contributed by atoms with E-state index >= 15 is 0 Å². The number of rotatable bonds is 8. The van der Waals surface area contributed by atoms with Crippen molar-refractivity contribution in [3.63, 3.8) is 0 Å². The van der Waals surface area contributed by atoms with Gasteiger partial charge in [0.15, 0.2) is 0 Å². The van der Waals surface area contributed by atoms with E-state index in [-0.39, 0.29) is 29.1 Å². The lowest BCUT2D eigenvalue weighted by atomic mass is 10.1. The van der Waals surface area contributed by atoms with Crippen molar-refractivity contribution in [3.05, 3.63) is 33.7 Å². The largest absolute Gasteiger partial charge is 0.350 e. The first kappa shape index (κ1) is 20.6. The third kappa shape index (κ3) is 4.83. The summed E-state index contributed by atoms with van der Waals surface area (Å²) < 4.78 is 1.94. The summed E-state index contributed by atoms with van der Waals surface area (Å²) in [7, 11) is 0. The van der Waals surface area contributed by atoms with Crippen molar-refractivity contribution in [3.8, 4) is 0 Å². The first-order valence-corrected chi connectivity index (χ1v) is 10.8. The number of pyridine rings is 1. The third-order valence-electron chi connectivity index (χ3n) is 5.64. The Bertz CT molecular complexity index is 774. The maximum atomic E-state index is 13.3. The maximum absolute atomic E-state index is 13.3. The Labute approximate surface area is 167 Å². The summed E-state index contributed by atoms with van der Waals surface area (Å²) in [6.45, 7) is 7.11. The molecule has 2 amide bonds. The fourth-order valence-electron chi connectivity index (χ4n) is 3.99. The number of carbonyl (C=O) groups is 2. The Morgan fingerprint density at radius 3 is 2.36 bits per heavy atom. The van der Waals surface area contributed by atoms with Crippen LogP contribution in [0.15, 0.2) is 17.2 Å². The Morgan fingerprint density at radius 2 is 1.79 bits per heavy atom. The summed E-state index contributed by atoms with van der Waals surface area (Å²) >= 11 is 0. The van der Waals surface area contributed by atoms with Gasteiger partial charge in [-0.25, -0.2) is 0 Å². The molecule has 2 fully saturated rings. The van der Waals surface area contributed by atoms with Crippen LogP contribution in [0.1, 0.15) is 92.5 Å². The molecule has 1 aromatic heterocycles. The molecule has 28 heavy (non-hydrogen) atoms. The van der Waals surface area contributed by atoms with Gasteiger partial charge in [0.25, 0.3) is 11.8 Å². The molecule has 2 aliphatic carbocycles. The molecule has 0 spiro atoms. The smallest absolute Gasteiger partial charge is 0.259 e. The number of amides is 2. The standard InChI is InChI=1S/C22H33N3O3/c1-4-11-24(12-16-9-10-16)22(28)19-14-25(17-7-5-6-8-17)13-18(20(19)26)21(27)23-15(2)3/h13-17H,4-12H2,1-3H3,(H,23,27). The van der Waals surface area contributed by atoms with E-state index in [0.29, 0.717) is 19.0 Å². The van der Waals surface area contributed by atoms with E-state index in [4.69, 9.17) is 0 Å². The molecule has 6 nitrogen and oxygen atoms in total. The summed E-state index contributed by atoms with van der Waals surface area (Å²) in [6.07, 6.45) is 10.8. The normalized spacial score (nSPS) is 17.1. The molecule has 1 N–H and O–H groups in total. The van der Waals surface area contributed by atoms with Gasteiger partial charge in [-0.15, -0.1) is 0 Å². The van der Waals surface area contributed by atoms with Crippen LogP contribution >= 0.6 is 0 Å². The first-order valence-electron chi connectivity index (χ1n) is 10.8. The van der Waals surface area contributed by atoms with E-state index in [1.807, 2.05) is 25.3 Å². The van der Waals surface area contributed by atoms with Crippen molar-refractivity contribution in [1.82, 2.24) is 14.8 Å². The number of hydrogen-bond acceptors (Lipinski definition) is 3. The van der Waals surface area contributed by atoms with Crippen LogP contribution in [0.25, 0.3) is 0 Å². The predicted octanol–water partition coefficient (Wildman–Crippen LogP) is 3.36. The van der Waals surface area contributed by atoms with Gasteiger partial charge >= 0.3 is 0 Å². The first-order chi connectivity index (χ1) is 13.4. The molecular weight excluding hydrogens is 354 g/mol. The van der Waals surface area contributed by atoms with Crippen LogP contribution in [0, 0.1) is 5.92 Å². The summed E-state index contributed by atoms with van der Waals surface area (Å²) in [6, 6.07) is 0.179. The Morgan fingerprint density at radius 1 is 1.14 bits per heavy atom. The molecule has 1 aromatic rings. The zero-order valence-corrected chi connectivity index (χ0v) is 17.4. The minimum atomic E-state index is -0.450. The molecule has 0 aromatic carbocycles. The average Bonchev–Trinajstić information content (AvgIpc) is 3.29. The van der Waals surface area contributed by atoms with Crippen LogP contribution in [-0.2, 0) is 0 Å². The van der Waals surface area contributed by atoms with Gasteiger partial charge in [0.05, 0.1) is 0 Å². The van der Waals surface area contributed by atoms with Crippen molar-refractivity contribution in [2.45, 2.75) is 77.8 Å². The van der Waals surface area contributed by atoms with Crippen LogP contribution in [-0.4, -0.2) is 40.4 Å². The minimum absolute atomic E-state index is 0.0716. The van der Waals surface area contributed by atoms with Crippen molar-refractivity contribution < 1.29 is 9.59 Å². The highest BCUT2D eigenvalue weighted by molar-refractivity contribution is 5.99. The minimum Gasteiger partial charge on any atom is -0.350 e. The second-order valence-corrected chi connectivity index (χ2v) is 8.62. The third-order valence-corrected chi connectivity index (χ3v) is 5.64. The van der Waals surface area contributed by atoms with E-state index < -0.39 is 11.3 Å². The van der Waals surface area contributed by atoms with E-state index in [9.17, 15) is 14.4 Å². The van der Waals surface area contributed by atoms with Gasteiger partial charge in [-0.1, -0.05) is 19.8 Å². The van der Waals surface area contributed by atoms with Crippen molar-refractivity contribution in [2.24, 2.45) is 5.92 Å². The maximum Gasteiger partial charge on any atom is 0.259 e. The molecule has 154 valence electrons. The van der Waals surface area contributed by atoms with Crippen molar-refractivity contribution in [2.75, 3.05) is 13.1 Å². The quantitative estimate of drug-likeness (QED) is 0.743. The highest BCUT2D eigenvalue weighted by atomic mass is 16.2. The average molecular weight is 388 g/mol. The number of carbonyl (C=O) groups excluding carboxylic acids is 2. The lowest BCUT2D eigenvalue weighted by molar-refractivity contribution is 0.0745. The van der Waals surface area contributed by atoms with Gasteiger partial charge in [-0.2, -0.15) is 0 Å². The zero-order chi connectivity index (χ0) is 20.3. The van der Waals surface area contributed by atoms with Gasteiger partial charge in [-0.05, 0) is 51.9 Å². The molecule has 3 rings (SSSR count). The predicted molar refractivity (Wildman–Crippen MR) is 110 cm³/mol. The molecule has 0 atom stereocenters. The van der Waals surface area contributed by atoms with Crippen LogP contribution in [0.2, 0.25) is 0 Å². The Balaban J connectivity index is 1.99.